The van der Waals surface area contributed by atoms with Crippen LogP contribution in [0.3, 0.4) is 0 Å². The molecular formula is C35H47F3N4O4. The minimum Gasteiger partial charge on any atom is -0.465 e. The fourth-order valence-electron chi connectivity index (χ4n) is 5.63. The highest BCUT2D eigenvalue weighted by Gasteiger charge is 2.31. The van der Waals surface area contributed by atoms with Crippen LogP contribution in [0, 0.1) is 5.92 Å². The van der Waals surface area contributed by atoms with Gasteiger partial charge in [0, 0.05) is 46.2 Å². The first-order valence-electron chi connectivity index (χ1n) is 15.4. The van der Waals surface area contributed by atoms with Gasteiger partial charge in [0.05, 0.1) is 18.2 Å². The van der Waals surface area contributed by atoms with Gasteiger partial charge in [-0.05, 0) is 111 Å². The Labute approximate surface area is 271 Å². The van der Waals surface area contributed by atoms with E-state index in [4.69, 9.17) is 9.94 Å². The smallest absolute Gasteiger partial charge is 0.416 e. The van der Waals surface area contributed by atoms with Crippen LogP contribution in [0.15, 0.2) is 60.7 Å². The van der Waals surface area contributed by atoms with Crippen molar-refractivity contribution in [2.24, 2.45) is 5.92 Å². The molecule has 0 radical (unpaired) electrons. The molecule has 1 amide bonds. The number of hydroxylamine groups is 1. The van der Waals surface area contributed by atoms with Gasteiger partial charge in [-0.15, -0.1) is 0 Å². The standard InChI is InChI=1S/C31H32F3N3O3.C4H11NO.2H2/c1-40-30(39)22-4-2-3-21(17-22)26-10-5-23(28-19-35-14-11-27(26)28)18-36-29(38)20-12-15-37(16-13-20)25-8-6-24(7-9-25)31(32,33)34;1-4(2,3)5-6;;/h2-10,17,20,35H,11-16,18-19H2,1H3,(H,36,38);5-6H,1-3H3;2*1H. The SMILES string of the molecule is CC(C)(C)NO.COC(=O)c1cccc(-c2ccc(CNC(=O)C3CCN(c4ccc(C(F)(F)F)cc4)CC3)c3c2CCNC3)c1.[HH].[HH]. The maximum absolute atomic E-state index is 13.0. The van der Waals surface area contributed by atoms with Crippen LogP contribution >= 0.6 is 0 Å². The van der Waals surface area contributed by atoms with Crippen LogP contribution < -0.4 is 21.0 Å². The van der Waals surface area contributed by atoms with Gasteiger partial charge in [0.1, 0.15) is 0 Å². The molecular weight excluding hydrogens is 597 g/mol. The molecule has 2 aliphatic heterocycles. The summed E-state index contributed by atoms with van der Waals surface area (Å²) < 4.78 is 43.5. The number of anilines is 1. The lowest BCUT2D eigenvalue weighted by molar-refractivity contribution is -0.137. The Kier molecular flexibility index (Phi) is 11.5. The highest BCUT2D eigenvalue weighted by molar-refractivity contribution is 5.91. The summed E-state index contributed by atoms with van der Waals surface area (Å²) in [6.07, 6.45) is -2.23. The first-order chi connectivity index (χ1) is 21.8. The minimum absolute atomic E-state index is 0. The second-order valence-corrected chi connectivity index (χ2v) is 12.6. The molecule has 11 heteroatoms. The molecule has 5 rings (SSSR count). The molecule has 2 aliphatic rings. The third kappa shape index (κ3) is 9.08. The van der Waals surface area contributed by atoms with Gasteiger partial charge in [-0.1, -0.05) is 24.3 Å². The average Bonchev–Trinajstić information content (AvgIpc) is 3.06. The van der Waals surface area contributed by atoms with Crippen molar-refractivity contribution in [3.8, 4) is 11.1 Å². The number of benzene rings is 3. The lowest BCUT2D eigenvalue weighted by atomic mass is 9.87. The highest BCUT2D eigenvalue weighted by Crippen LogP contribution is 2.33. The number of hydrogen-bond acceptors (Lipinski definition) is 7. The zero-order valence-corrected chi connectivity index (χ0v) is 26.8. The molecule has 46 heavy (non-hydrogen) atoms. The Bertz CT molecular complexity index is 1510. The Hall–Kier alpha value is -3.93. The fourth-order valence-corrected chi connectivity index (χ4v) is 5.63. The normalized spacial score (nSPS) is 15.3. The molecule has 0 aliphatic carbocycles. The molecule has 2 heterocycles. The third-order valence-electron chi connectivity index (χ3n) is 8.19. The summed E-state index contributed by atoms with van der Waals surface area (Å²) in [5, 5.41) is 14.7. The van der Waals surface area contributed by atoms with Crippen LogP contribution in [0.1, 0.15) is 69.1 Å². The van der Waals surface area contributed by atoms with Gasteiger partial charge >= 0.3 is 12.1 Å². The number of hydrogen-bond donors (Lipinski definition) is 4. The Morgan fingerprint density at radius 2 is 1.70 bits per heavy atom. The number of rotatable bonds is 6. The predicted octanol–water partition coefficient (Wildman–Crippen LogP) is 6.59. The van der Waals surface area contributed by atoms with Crippen LogP contribution in [0.25, 0.3) is 11.1 Å². The van der Waals surface area contributed by atoms with E-state index in [-0.39, 0.29) is 26.2 Å². The van der Waals surface area contributed by atoms with Crippen LogP contribution in [0.4, 0.5) is 18.9 Å². The molecule has 0 bridgehead atoms. The molecule has 3 aromatic rings. The van der Waals surface area contributed by atoms with E-state index in [0.29, 0.717) is 44.6 Å². The second kappa shape index (κ2) is 15.1. The maximum Gasteiger partial charge on any atom is 0.416 e. The second-order valence-electron chi connectivity index (χ2n) is 12.6. The number of alkyl halides is 3. The van der Waals surface area contributed by atoms with Crippen molar-refractivity contribution >= 4 is 17.6 Å². The van der Waals surface area contributed by atoms with E-state index >= 15 is 0 Å². The number of carbonyl (C=O) groups is 2. The van der Waals surface area contributed by atoms with Crippen molar-refractivity contribution in [1.82, 2.24) is 16.1 Å². The number of esters is 1. The van der Waals surface area contributed by atoms with E-state index in [1.807, 2.05) is 49.9 Å². The van der Waals surface area contributed by atoms with Crippen molar-refractivity contribution in [2.45, 2.75) is 64.8 Å². The van der Waals surface area contributed by atoms with E-state index in [1.165, 1.54) is 30.4 Å². The zero-order chi connectivity index (χ0) is 33.5. The molecule has 1 fully saturated rings. The number of fused-ring (bicyclic) bond motifs is 1. The number of nitrogens with one attached hydrogen (secondary N) is 3. The molecule has 0 unspecified atom stereocenters. The maximum atomic E-state index is 13.0. The van der Waals surface area contributed by atoms with Crippen molar-refractivity contribution < 1.29 is 35.6 Å². The molecule has 0 atom stereocenters. The number of nitrogens with zero attached hydrogens (tertiary/aromatic N) is 1. The summed E-state index contributed by atoms with van der Waals surface area (Å²) in [4.78, 5) is 27.1. The molecule has 1 saturated heterocycles. The minimum atomic E-state index is -4.35. The summed E-state index contributed by atoms with van der Waals surface area (Å²) in [7, 11) is 1.37. The van der Waals surface area contributed by atoms with Crippen molar-refractivity contribution in [3.05, 3.63) is 88.5 Å². The summed E-state index contributed by atoms with van der Waals surface area (Å²) in [6, 6.07) is 16.7. The molecule has 4 N–H and O–H groups in total. The van der Waals surface area contributed by atoms with Crippen molar-refractivity contribution in [1.29, 1.82) is 0 Å². The molecule has 252 valence electrons. The van der Waals surface area contributed by atoms with Crippen LogP contribution in [0.2, 0.25) is 0 Å². The first kappa shape index (κ1) is 34.9. The fraction of sp³-hybridized carbons (Fsp3) is 0.429. The third-order valence-corrected chi connectivity index (χ3v) is 8.19. The largest absolute Gasteiger partial charge is 0.465 e. The van der Waals surface area contributed by atoms with Gasteiger partial charge in [0.25, 0.3) is 0 Å². The zero-order valence-electron chi connectivity index (χ0n) is 26.8. The Balaban J connectivity index is 0.000000918. The number of piperidine rings is 1. The summed E-state index contributed by atoms with van der Waals surface area (Å²) in [6.45, 7) is 8.85. The number of carbonyl (C=O) groups excluding carboxylic acids is 2. The quantitative estimate of drug-likeness (QED) is 0.177. The summed E-state index contributed by atoms with van der Waals surface area (Å²) in [5.74, 6) is -0.513. The monoisotopic (exact) mass is 644 g/mol. The number of ether oxygens (including phenoxy) is 1. The van der Waals surface area contributed by atoms with E-state index in [9.17, 15) is 22.8 Å². The van der Waals surface area contributed by atoms with E-state index in [1.54, 1.807) is 6.07 Å². The summed E-state index contributed by atoms with van der Waals surface area (Å²) >= 11 is 0. The van der Waals surface area contributed by atoms with Gasteiger partial charge in [-0.25, -0.2) is 10.3 Å². The van der Waals surface area contributed by atoms with Crippen LogP contribution in [-0.4, -0.2) is 49.4 Å². The van der Waals surface area contributed by atoms with Gasteiger partial charge < -0.3 is 25.5 Å². The molecule has 0 saturated carbocycles. The predicted molar refractivity (Wildman–Crippen MR) is 176 cm³/mol. The lowest BCUT2D eigenvalue weighted by Crippen LogP contribution is -2.40. The highest BCUT2D eigenvalue weighted by atomic mass is 19.4. The van der Waals surface area contributed by atoms with E-state index in [2.05, 4.69) is 22.2 Å². The van der Waals surface area contributed by atoms with Crippen molar-refractivity contribution in [2.75, 3.05) is 31.6 Å². The number of amides is 1. The number of halogens is 3. The van der Waals surface area contributed by atoms with Crippen LogP contribution in [0.5, 0.6) is 0 Å². The van der Waals surface area contributed by atoms with Gasteiger partial charge in [-0.3, -0.25) is 4.79 Å². The average molecular weight is 645 g/mol. The van der Waals surface area contributed by atoms with Crippen LogP contribution in [-0.2, 0) is 35.2 Å². The first-order valence-corrected chi connectivity index (χ1v) is 15.4. The van der Waals surface area contributed by atoms with Gasteiger partial charge in [0.2, 0.25) is 5.91 Å². The van der Waals surface area contributed by atoms with Gasteiger partial charge in [0.15, 0.2) is 0 Å². The van der Waals surface area contributed by atoms with Crippen molar-refractivity contribution in [3.63, 3.8) is 0 Å². The van der Waals surface area contributed by atoms with Gasteiger partial charge in [-0.2, -0.15) is 13.2 Å². The lowest BCUT2D eigenvalue weighted by Gasteiger charge is -2.33. The summed E-state index contributed by atoms with van der Waals surface area (Å²) in [5.41, 5.74) is 8.02. The number of methoxy groups -OCH3 is 1. The molecule has 3 aromatic carbocycles. The molecule has 0 aromatic heterocycles. The van der Waals surface area contributed by atoms with E-state index in [0.717, 1.165) is 47.5 Å². The molecule has 0 spiro atoms. The Morgan fingerprint density at radius 3 is 2.30 bits per heavy atom. The Morgan fingerprint density at radius 1 is 1.02 bits per heavy atom. The van der Waals surface area contributed by atoms with E-state index < -0.39 is 11.7 Å². The topological polar surface area (TPSA) is 103 Å². The molecule has 8 nitrogen and oxygen atoms in total.